The van der Waals surface area contributed by atoms with Crippen molar-refractivity contribution in [2.75, 3.05) is 11.1 Å². The van der Waals surface area contributed by atoms with E-state index in [4.69, 9.17) is 4.98 Å². The predicted molar refractivity (Wildman–Crippen MR) is 158 cm³/mol. The van der Waals surface area contributed by atoms with Crippen molar-refractivity contribution in [3.8, 4) is 11.3 Å². The van der Waals surface area contributed by atoms with E-state index in [-0.39, 0.29) is 11.7 Å². The van der Waals surface area contributed by atoms with Gasteiger partial charge in [-0.3, -0.25) is 4.79 Å². The van der Waals surface area contributed by atoms with Crippen molar-refractivity contribution in [3.63, 3.8) is 0 Å². The lowest BCUT2D eigenvalue weighted by Gasteiger charge is -2.09. The molecule has 5 rings (SSSR count). The average Bonchev–Trinajstić information content (AvgIpc) is 3.47. The second kappa shape index (κ2) is 11.3. The van der Waals surface area contributed by atoms with E-state index in [0.29, 0.717) is 23.3 Å². The van der Waals surface area contributed by atoms with Crippen LogP contribution in [0.15, 0.2) is 78.5 Å². The fraction of sp³-hybridized carbons (Fsp3) is 0.200. The number of amides is 1. The molecule has 0 unspecified atom stereocenters. The second-order valence-corrected chi connectivity index (χ2v) is 11.3. The number of rotatable bonds is 9. The number of fused-ring (bicyclic) bond motifs is 1. The molecule has 2 aromatic heterocycles. The standard InChI is InChI=1S/C30H29N5OS2/c1-5-15-35-26(17-23-11-8-10-22-9-6-7-12-25(22)23)33-34-30(35)37-18-27(36)31-29-32-28(21(4)38-29)24-14-13-19(2)20(3)16-24/h5-14,16H,1,15,17-18H2,2-4H3,(H,31,32,36). The Morgan fingerprint density at radius 1 is 1.05 bits per heavy atom. The Kier molecular flexibility index (Phi) is 7.72. The first kappa shape index (κ1) is 25.9. The van der Waals surface area contributed by atoms with Gasteiger partial charge < -0.3 is 9.88 Å². The summed E-state index contributed by atoms with van der Waals surface area (Å²) in [5.41, 5.74) is 5.63. The normalized spacial score (nSPS) is 11.1. The van der Waals surface area contributed by atoms with Crippen LogP contribution in [0.4, 0.5) is 5.13 Å². The van der Waals surface area contributed by atoms with Crippen LogP contribution in [-0.4, -0.2) is 31.4 Å². The van der Waals surface area contributed by atoms with Gasteiger partial charge in [-0.2, -0.15) is 0 Å². The fourth-order valence-corrected chi connectivity index (χ4v) is 6.00. The molecular weight excluding hydrogens is 510 g/mol. The SMILES string of the molecule is C=CCn1c(Cc2cccc3ccccc23)nnc1SCC(=O)Nc1nc(-c2ccc(C)c(C)c2)c(C)s1. The van der Waals surface area contributed by atoms with E-state index in [1.165, 1.54) is 50.6 Å². The van der Waals surface area contributed by atoms with Gasteiger partial charge >= 0.3 is 0 Å². The van der Waals surface area contributed by atoms with Gasteiger partial charge in [-0.15, -0.1) is 28.1 Å². The quantitative estimate of drug-likeness (QED) is 0.161. The topological polar surface area (TPSA) is 72.7 Å². The van der Waals surface area contributed by atoms with Crippen LogP contribution in [0.1, 0.15) is 27.4 Å². The molecule has 0 fully saturated rings. The Morgan fingerprint density at radius 3 is 2.68 bits per heavy atom. The van der Waals surface area contributed by atoms with E-state index >= 15 is 0 Å². The van der Waals surface area contributed by atoms with Gasteiger partial charge in [0.2, 0.25) is 5.91 Å². The molecule has 0 bridgehead atoms. The third kappa shape index (κ3) is 5.56. The van der Waals surface area contributed by atoms with E-state index in [2.05, 4.69) is 90.5 Å². The first-order valence-corrected chi connectivity index (χ1v) is 14.2. The van der Waals surface area contributed by atoms with Crippen LogP contribution < -0.4 is 5.32 Å². The molecule has 38 heavy (non-hydrogen) atoms. The number of aromatic nitrogens is 4. The molecule has 3 aromatic carbocycles. The summed E-state index contributed by atoms with van der Waals surface area (Å²) < 4.78 is 2.03. The molecule has 6 nitrogen and oxygen atoms in total. The number of carbonyl (C=O) groups excluding carboxylic acids is 1. The number of nitrogens with one attached hydrogen (secondary N) is 1. The van der Waals surface area contributed by atoms with Crippen LogP contribution in [0.3, 0.4) is 0 Å². The van der Waals surface area contributed by atoms with Crippen LogP contribution in [0.25, 0.3) is 22.0 Å². The van der Waals surface area contributed by atoms with Gasteiger partial charge in [-0.1, -0.05) is 72.4 Å². The Balaban J connectivity index is 1.27. The van der Waals surface area contributed by atoms with E-state index in [1.807, 2.05) is 23.6 Å². The summed E-state index contributed by atoms with van der Waals surface area (Å²) in [6, 6.07) is 21.0. The molecule has 0 aliphatic heterocycles. The molecule has 192 valence electrons. The van der Waals surface area contributed by atoms with Gasteiger partial charge in [0.05, 0.1) is 11.4 Å². The van der Waals surface area contributed by atoms with Crippen molar-refractivity contribution in [1.29, 1.82) is 0 Å². The average molecular weight is 540 g/mol. The Bertz CT molecular complexity index is 1630. The smallest absolute Gasteiger partial charge is 0.236 e. The number of allylic oxidation sites excluding steroid dienone is 1. The molecule has 1 N–H and O–H groups in total. The van der Waals surface area contributed by atoms with Crippen molar-refractivity contribution in [3.05, 3.63) is 101 Å². The molecule has 0 saturated heterocycles. The van der Waals surface area contributed by atoms with Crippen molar-refractivity contribution < 1.29 is 4.79 Å². The number of aryl methyl sites for hydroxylation is 3. The first-order chi connectivity index (χ1) is 18.4. The minimum atomic E-state index is -0.126. The predicted octanol–water partition coefficient (Wildman–Crippen LogP) is 6.99. The maximum Gasteiger partial charge on any atom is 0.236 e. The number of benzene rings is 3. The zero-order valence-electron chi connectivity index (χ0n) is 21.7. The summed E-state index contributed by atoms with van der Waals surface area (Å²) in [5, 5.41) is 15.5. The van der Waals surface area contributed by atoms with E-state index < -0.39 is 0 Å². The molecular formula is C30H29N5OS2. The molecule has 1 amide bonds. The van der Waals surface area contributed by atoms with Crippen LogP contribution >= 0.6 is 23.1 Å². The summed E-state index contributed by atoms with van der Waals surface area (Å²) in [5.74, 6) is 0.929. The lowest BCUT2D eigenvalue weighted by Crippen LogP contribution is -2.14. The van der Waals surface area contributed by atoms with Crippen LogP contribution in [0.2, 0.25) is 0 Å². The summed E-state index contributed by atoms with van der Waals surface area (Å²) in [4.78, 5) is 18.6. The molecule has 0 atom stereocenters. The van der Waals surface area contributed by atoms with Crippen molar-refractivity contribution >= 4 is 44.9 Å². The third-order valence-electron chi connectivity index (χ3n) is 6.49. The van der Waals surface area contributed by atoms with E-state index in [0.717, 1.165) is 22.0 Å². The molecule has 0 saturated carbocycles. The summed E-state index contributed by atoms with van der Waals surface area (Å²) in [7, 11) is 0. The maximum atomic E-state index is 12.8. The zero-order chi connectivity index (χ0) is 26.6. The molecule has 0 radical (unpaired) electrons. The second-order valence-electron chi connectivity index (χ2n) is 9.17. The lowest BCUT2D eigenvalue weighted by atomic mass is 10.0. The summed E-state index contributed by atoms with van der Waals surface area (Å²) in [6.07, 6.45) is 2.47. The molecule has 8 heteroatoms. The molecule has 0 aliphatic carbocycles. The minimum Gasteiger partial charge on any atom is -0.302 e. The molecule has 2 heterocycles. The summed E-state index contributed by atoms with van der Waals surface area (Å²) >= 11 is 2.85. The Labute approximate surface area is 230 Å². The lowest BCUT2D eigenvalue weighted by molar-refractivity contribution is -0.113. The van der Waals surface area contributed by atoms with Gasteiger partial charge in [-0.05, 0) is 54.3 Å². The maximum absolute atomic E-state index is 12.8. The highest BCUT2D eigenvalue weighted by molar-refractivity contribution is 7.99. The number of thiazole rings is 1. The minimum absolute atomic E-state index is 0.126. The van der Waals surface area contributed by atoms with Crippen LogP contribution in [0, 0.1) is 20.8 Å². The number of thioether (sulfide) groups is 1. The van der Waals surface area contributed by atoms with E-state index in [1.54, 1.807) is 0 Å². The first-order valence-electron chi connectivity index (χ1n) is 12.4. The number of nitrogens with zero attached hydrogens (tertiary/aromatic N) is 4. The fourth-order valence-electron chi connectivity index (χ4n) is 4.38. The van der Waals surface area contributed by atoms with Gasteiger partial charge in [0.25, 0.3) is 0 Å². The van der Waals surface area contributed by atoms with Gasteiger partial charge in [0.1, 0.15) is 5.82 Å². The van der Waals surface area contributed by atoms with Gasteiger partial charge in [0, 0.05) is 23.4 Å². The highest BCUT2D eigenvalue weighted by Crippen LogP contribution is 2.31. The van der Waals surface area contributed by atoms with Gasteiger partial charge in [-0.25, -0.2) is 4.98 Å². The van der Waals surface area contributed by atoms with Crippen molar-refractivity contribution in [2.45, 2.75) is 38.9 Å². The Morgan fingerprint density at radius 2 is 1.87 bits per heavy atom. The van der Waals surface area contributed by atoms with Crippen LogP contribution in [0.5, 0.6) is 0 Å². The molecule has 0 spiro atoms. The third-order valence-corrected chi connectivity index (χ3v) is 8.34. The highest BCUT2D eigenvalue weighted by Gasteiger charge is 2.17. The van der Waals surface area contributed by atoms with E-state index in [9.17, 15) is 4.79 Å². The zero-order valence-corrected chi connectivity index (χ0v) is 23.3. The monoisotopic (exact) mass is 539 g/mol. The molecule has 0 aliphatic rings. The number of anilines is 1. The Hall–Kier alpha value is -3.75. The van der Waals surface area contributed by atoms with Gasteiger partial charge in [0.15, 0.2) is 10.3 Å². The number of hydrogen-bond acceptors (Lipinski definition) is 6. The number of carbonyl (C=O) groups is 1. The van der Waals surface area contributed by atoms with Crippen molar-refractivity contribution in [1.82, 2.24) is 19.7 Å². The van der Waals surface area contributed by atoms with Crippen LogP contribution in [-0.2, 0) is 17.8 Å². The molecule has 5 aromatic rings. The number of hydrogen-bond donors (Lipinski definition) is 1. The highest BCUT2D eigenvalue weighted by atomic mass is 32.2. The summed E-state index contributed by atoms with van der Waals surface area (Å²) in [6.45, 7) is 10.7. The largest absolute Gasteiger partial charge is 0.302 e. The van der Waals surface area contributed by atoms with Crippen molar-refractivity contribution in [2.24, 2.45) is 0 Å².